The fourth-order valence-corrected chi connectivity index (χ4v) is 1.28. The molecule has 1 aromatic carbocycles. The molecule has 4 heteroatoms. The van der Waals surface area contributed by atoms with Crippen LogP contribution < -0.4 is 15.8 Å². The highest BCUT2D eigenvalue weighted by Crippen LogP contribution is 2.11. The molecule has 1 amide bonds. The normalized spacial score (nSPS) is 11.9. The standard InChI is InChI=1S/C12H18N2O2/c1-9(13)12(15)14-8-7-10-3-5-11(16-2)6-4-10/h3-6,9H,7-8,13H2,1-2H3,(H,14,15). The van der Waals surface area contributed by atoms with Crippen LogP contribution in [0.1, 0.15) is 12.5 Å². The van der Waals surface area contributed by atoms with Crippen LogP contribution in [0.4, 0.5) is 0 Å². The fraction of sp³-hybridized carbons (Fsp3) is 0.417. The van der Waals surface area contributed by atoms with E-state index in [2.05, 4.69) is 5.32 Å². The summed E-state index contributed by atoms with van der Waals surface area (Å²) >= 11 is 0. The van der Waals surface area contributed by atoms with E-state index < -0.39 is 6.04 Å². The Morgan fingerprint density at radius 1 is 1.44 bits per heavy atom. The van der Waals surface area contributed by atoms with E-state index >= 15 is 0 Å². The molecule has 0 radical (unpaired) electrons. The molecule has 0 heterocycles. The number of amides is 1. The van der Waals surface area contributed by atoms with Gasteiger partial charge in [-0.1, -0.05) is 12.1 Å². The quantitative estimate of drug-likeness (QED) is 0.771. The summed E-state index contributed by atoms with van der Waals surface area (Å²) < 4.78 is 5.06. The second-order valence-electron chi connectivity index (χ2n) is 3.68. The van der Waals surface area contributed by atoms with Crippen LogP contribution in [0.2, 0.25) is 0 Å². The molecule has 0 spiro atoms. The largest absolute Gasteiger partial charge is 0.497 e. The molecule has 0 aliphatic heterocycles. The monoisotopic (exact) mass is 222 g/mol. The Labute approximate surface area is 95.8 Å². The smallest absolute Gasteiger partial charge is 0.236 e. The summed E-state index contributed by atoms with van der Waals surface area (Å²) in [6.07, 6.45) is 0.794. The van der Waals surface area contributed by atoms with Gasteiger partial charge in [-0.3, -0.25) is 4.79 Å². The molecule has 0 bridgehead atoms. The number of rotatable bonds is 5. The molecular weight excluding hydrogens is 204 g/mol. The van der Waals surface area contributed by atoms with Gasteiger partial charge in [0.1, 0.15) is 5.75 Å². The first kappa shape index (κ1) is 12.5. The zero-order valence-electron chi connectivity index (χ0n) is 9.69. The average Bonchev–Trinajstić information content (AvgIpc) is 2.29. The number of hydrogen-bond acceptors (Lipinski definition) is 3. The van der Waals surface area contributed by atoms with Gasteiger partial charge in [-0.05, 0) is 31.0 Å². The van der Waals surface area contributed by atoms with E-state index in [0.717, 1.165) is 17.7 Å². The van der Waals surface area contributed by atoms with Gasteiger partial charge in [0.05, 0.1) is 13.2 Å². The first-order valence-electron chi connectivity index (χ1n) is 5.29. The minimum absolute atomic E-state index is 0.117. The van der Waals surface area contributed by atoms with Gasteiger partial charge >= 0.3 is 0 Å². The molecule has 0 aromatic heterocycles. The maximum absolute atomic E-state index is 11.2. The lowest BCUT2D eigenvalue weighted by Crippen LogP contribution is -2.39. The van der Waals surface area contributed by atoms with Crippen molar-refractivity contribution >= 4 is 5.91 Å². The molecule has 1 aromatic rings. The van der Waals surface area contributed by atoms with Crippen molar-refractivity contribution in [2.45, 2.75) is 19.4 Å². The lowest BCUT2D eigenvalue weighted by molar-refractivity contribution is -0.121. The van der Waals surface area contributed by atoms with Gasteiger partial charge in [0, 0.05) is 6.54 Å². The van der Waals surface area contributed by atoms with Gasteiger partial charge in [-0.15, -0.1) is 0 Å². The maximum atomic E-state index is 11.2. The van der Waals surface area contributed by atoms with Crippen molar-refractivity contribution in [1.29, 1.82) is 0 Å². The molecule has 0 aliphatic rings. The third-order valence-corrected chi connectivity index (χ3v) is 2.29. The number of benzene rings is 1. The Balaban J connectivity index is 2.34. The summed E-state index contributed by atoms with van der Waals surface area (Å²) in [6.45, 7) is 2.27. The van der Waals surface area contributed by atoms with Crippen LogP contribution in [0.25, 0.3) is 0 Å². The van der Waals surface area contributed by atoms with Gasteiger partial charge < -0.3 is 15.8 Å². The van der Waals surface area contributed by atoms with Crippen molar-refractivity contribution in [3.8, 4) is 5.75 Å². The van der Waals surface area contributed by atoms with Crippen molar-refractivity contribution in [3.63, 3.8) is 0 Å². The molecule has 1 unspecified atom stereocenters. The van der Waals surface area contributed by atoms with E-state index in [1.807, 2.05) is 24.3 Å². The Morgan fingerprint density at radius 2 is 2.06 bits per heavy atom. The highest BCUT2D eigenvalue weighted by atomic mass is 16.5. The molecule has 0 aliphatic carbocycles. The van der Waals surface area contributed by atoms with Crippen molar-refractivity contribution < 1.29 is 9.53 Å². The molecule has 88 valence electrons. The maximum Gasteiger partial charge on any atom is 0.236 e. The topological polar surface area (TPSA) is 64.3 Å². The van der Waals surface area contributed by atoms with E-state index in [-0.39, 0.29) is 5.91 Å². The summed E-state index contributed by atoms with van der Waals surface area (Å²) in [5, 5.41) is 2.76. The predicted molar refractivity (Wildman–Crippen MR) is 63.4 cm³/mol. The second kappa shape index (κ2) is 6.12. The van der Waals surface area contributed by atoms with Crippen LogP contribution in [-0.4, -0.2) is 25.6 Å². The molecule has 0 saturated carbocycles. The van der Waals surface area contributed by atoms with Crippen molar-refractivity contribution in [3.05, 3.63) is 29.8 Å². The van der Waals surface area contributed by atoms with E-state index in [1.165, 1.54) is 0 Å². The Hall–Kier alpha value is -1.55. The van der Waals surface area contributed by atoms with Gasteiger partial charge in [0.25, 0.3) is 0 Å². The van der Waals surface area contributed by atoms with Crippen LogP contribution >= 0.6 is 0 Å². The minimum atomic E-state index is -0.448. The van der Waals surface area contributed by atoms with Crippen molar-refractivity contribution in [1.82, 2.24) is 5.32 Å². The summed E-state index contributed by atoms with van der Waals surface area (Å²) in [5.74, 6) is 0.719. The summed E-state index contributed by atoms with van der Waals surface area (Å²) in [4.78, 5) is 11.2. The zero-order chi connectivity index (χ0) is 12.0. The third kappa shape index (κ3) is 3.90. The van der Waals surface area contributed by atoms with Crippen LogP contribution in [-0.2, 0) is 11.2 Å². The van der Waals surface area contributed by atoms with E-state index in [0.29, 0.717) is 6.54 Å². The summed E-state index contributed by atoms with van der Waals surface area (Å²) in [5.41, 5.74) is 6.58. The van der Waals surface area contributed by atoms with Crippen molar-refractivity contribution in [2.75, 3.05) is 13.7 Å². The van der Waals surface area contributed by atoms with Gasteiger partial charge in [-0.2, -0.15) is 0 Å². The number of carbonyl (C=O) groups is 1. The lowest BCUT2D eigenvalue weighted by Gasteiger charge is -2.07. The minimum Gasteiger partial charge on any atom is -0.497 e. The summed E-state index contributed by atoms with van der Waals surface area (Å²) in [6, 6.07) is 7.33. The summed E-state index contributed by atoms with van der Waals surface area (Å²) in [7, 11) is 1.64. The highest BCUT2D eigenvalue weighted by Gasteiger charge is 2.05. The Kier molecular flexibility index (Phi) is 4.79. The Morgan fingerprint density at radius 3 is 2.56 bits per heavy atom. The number of nitrogens with one attached hydrogen (secondary N) is 1. The zero-order valence-corrected chi connectivity index (χ0v) is 9.69. The van der Waals surface area contributed by atoms with Crippen molar-refractivity contribution in [2.24, 2.45) is 5.73 Å². The van der Waals surface area contributed by atoms with Gasteiger partial charge in [0.15, 0.2) is 0 Å². The predicted octanol–water partition coefficient (Wildman–Crippen LogP) is 0.701. The van der Waals surface area contributed by atoms with E-state index in [1.54, 1.807) is 14.0 Å². The average molecular weight is 222 g/mol. The molecule has 1 atom stereocenters. The van der Waals surface area contributed by atoms with E-state index in [4.69, 9.17) is 10.5 Å². The first-order chi connectivity index (χ1) is 7.63. The van der Waals surface area contributed by atoms with Gasteiger partial charge in [-0.25, -0.2) is 0 Å². The lowest BCUT2D eigenvalue weighted by atomic mass is 10.1. The Bertz CT molecular complexity index is 333. The van der Waals surface area contributed by atoms with Crippen LogP contribution in [0.15, 0.2) is 24.3 Å². The van der Waals surface area contributed by atoms with Crippen LogP contribution in [0, 0.1) is 0 Å². The molecule has 1 rings (SSSR count). The number of carbonyl (C=O) groups excluding carboxylic acids is 1. The van der Waals surface area contributed by atoms with Crippen LogP contribution in [0.5, 0.6) is 5.75 Å². The molecule has 0 fully saturated rings. The first-order valence-corrected chi connectivity index (χ1v) is 5.29. The SMILES string of the molecule is COc1ccc(CCNC(=O)C(C)N)cc1. The van der Waals surface area contributed by atoms with E-state index in [9.17, 15) is 4.79 Å². The molecule has 0 saturated heterocycles. The van der Waals surface area contributed by atoms with Crippen LogP contribution in [0.3, 0.4) is 0 Å². The van der Waals surface area contributed by atoms with Gasteiger partial charge in [0.2, 0.25) is 5.91 Å². The molecule has 16 heavy (non-hydrogen) atoms. The molecular formula is C12H18N2O2. The third-order valence-electron chi connectivity index (χ3n) is 2.29. The fourth-order valence-electron chi connectivity index (χ4n) is 1.28. The number of nitrogens with two attached hydrogens (primary N) is 1. The second-order valence-corrected chi connectivity index (χ2v) is 3.68. The highest BCUT2D eigenvalue weighted by molar-refractivity contribution is 5.80. The number of hydrogen-bond donors (Lipinski definition) is 2. The number of methoxy groups -OCH3 is 1. The molecule has 4 nitrogen and oxygen atoms in total. The number of ether oxygens (including phenoxy) is 1. The molecule has 3 N–H and O–H groups in total.